The minimum atomic E-state index is -0.624. The fourth-order valence-electron chi connectivity index (χ4n) is 3.44. The van der Waals surface area contributed by atoms with E-state index in [0.717, 1.165) is 4.57 Å². The van der Waals surface area contributed by atoms with E-state index in [2.05, 4.69) is 15.3 Å². The number of amides is 1. The molecular weight excluding hydrogens is 426 g/mol. The van der Waals surface area contributed by atoms with Gasteiger partial charge in [-0.1, -0.05) is 6.07 Å². The van der Waals surface area contributed by atoms with Crippen LogP contribution < -0.4 is 26.0 Å². The molecule has 168 valence electrons. The highest BCUT2D eigenvalue weighted by Gasteiger charge is 2.17. The summed E-state index contributed by atoms with van der Waals surface area (Å²) in [6.45, 7) is -0.324. The first-order valence-corrected chi connectivity index (χ1v) is 10.0. The van der Waals surface area contributed by atoms with Gasteiger partial charge in [-0.3, -0.25) is 23.7 Å². The normalized spacial score (nSPS) is 10.7. The zero-order valence-corrected chi connectivity index (χ0v) is 18.0. The average Bonchev–Trinajstić information content (AvgIpc) is 2.85. The van der Waals surface area contributed by atoms with E-state index in [0.29, 0.717) is 22.7 Å². The van der Waals surface area contributed by atoms with Gasteiger partial charge in [0.15, 0.2) is 5.52 Å². The molecule has 3 aromatic heterocycles. The number of hydrogen-bond acceptors (Lipinski definition) is 7. The van der Waals surface area contributed by atoms with Crippen LogP contribution in [0.5, 0.6) is 11.5 Å². The third kappa shape index (κ3) is 4.45. The summed E-state index contributed by atoms with van der Waals surface area (Å²) in [5.74, 6) is 0.501. The predicted molar refractivity (Wildman–Crippen MR) is 122 cm³/mol. The number of hydrogen-bond donors (Lipinski definition) is 1. The highest BCUT2D eigenvalue weighted by atomic mass is 16.5. The SMILES string of the molecule is COc1ccc(NC(=O)Cn2c(=O)n(Cc3cccnc3)c(=O)c3ncccc32)c(OC)c1. The number of aromatic nitrogens is 4. The Hall–Kier alpha value is -4.47. The van der Waals surface area contributed by atoms with Gasteiger partial charge in [-0.05, 0) is 35.9 Å². The molecule has 1 N–H and O–H groups in total. The maximum absolute atomic E-state index is 13.3. The Morgan fingerprint density at radius 2 is 1.85 bits per heavy atom. The quantitative estimate of drug-likeness (QED) is 0.458. The van der Waals surface area contributed by atoms with Crippen LogP contribution in [0.4, 0.5) is 5.69 Å². The van der Waals surface area contributed by atoms with Crippen LogP contribution in [0.2, 0.25) is 0 Å². The summed E-state index contributed by atoms with van der Waals surface area (Å²) in [6.07, 6.45) is 4.64. The van der Waals surface area contributed by atoms with Crippen molar-refractivity contribution in [1.29, 1.82) is 0 Å². The molecule has 3 heterocycles. The Morgan fingerprint density at radius 1 is 1.03 bits per heavy atom. The number of benzene rings is 1. The molecule has 0 saturated carbocycles. The zero-order valence-electron chi connectivity index (χ0n) is 18.0. The third-order valence-electron chi connectivity index (χ3n) is 5.03. The second-order valence-electron chi connectivity index (χ2n) is 7.11. The molecule has 0 fully saturated rings. The molecule has 10 heteroatoms. The molecule has 0 saturated heterocycles. The van der Waals surface area contributed by atoms with Crippen molar-refractivity contribution in [1.82, 2.24) is 19.1 Å². The molecule has 0 unspecified atom stereocenters. The van der Waals surface area contributed by atoms with Crippen molar-refractivity contribution in [3.63, 3.8) is 0 Å². The summed E-state index contributed by atoms with van der Waals surface area (Å²) in [7, 11) is 3.00. The highest BCUT2D eigenvalue weighted by Crippen LogP contribution is 2.29. The lowest BCUT2D eigenvalue weighted by molar-refractivity contribution is -0.116. The van der Waals surface area contributed by atoms with Crippen molar-refractivity contribution in [3.05, 3.63) is 87.5 Å². The van der Waals surface area contributed by atoms with Gasteiger partial charge in [0.2, 0.25) is 5.91 Å². The minimum absolute atomic E-state index is 0.00590. The predicted octanol–water partition coefficient (Wildman–Crippen LogP) is 1.66. The summed E-state index contributed by atoms with van der Waals surface area (Å²) >= 11 is 0. The number of carbonyl (C=O) groups excluding carboxylic acids is 1. The monoisotopic (exact) mass is 447 g/mol. The molecule has 0 aliphatic carbocycles. The first kappa shape index (κ1) is 21.8. The number of nitrogens with zero attached hydrogens (tertiary/aromatic N) is 4. The summed E-state index contributed by atoms with van der Waals surface area (Å²) in [5, 5.41) is 2.74. The van der Waals surface area contributed by atoms with Gasteiger partial charge in [-0.25, -0.2) is 9.78 Å². The van der Waals surface area contributed by atoms with E-state index >= 15 is 0 Å². The van der Waals surface area contributed by atoms with Crippen LogP contribution in [0.3, 0.4) is 0 Å². The van der Waals surface area contributed by atoms with Crippen molar-refractivity contribution in [2.45, 2.75) is 13.1 Å². The molecular formula is C23H21N5O5. The van der Waals surface area contributed by atoms with E-state index in [1.165, 1.54) is 25.0 Å². The summed E-state index contributed by atoms with van der Waals surface area (Å²) in [6, 6.07) is 11.6. The second-order valence-corrected chi connectivity index (χ2v) is 7.11. The average molecular weight is 447 g/mol. The Bertz CT molecular complexity index is 1430. The van der Waals surface area contributed by atoms with Gasteiger partial charge in [0, 0.05) is 24.7 Å². The molecule has 4 aromatic rings. The number of ether oxygens (including phenoxy) is 2. The fraction of sp³-hybridized carbons (Fsp3) is 0.174. The van der Waals surface area contributed by atoms with E-state index in [1.54, 1.807) is 54.9 Å². The van der Waals surface area contributed by atoms with Crippen molar-refractivity contribution >= 4 is 22.6 Å². The zero-order chi connectivity index (χ0) is 23.4. The molecule has 0 aliphatic heterocycles. The molecule has 4 rings (SSSR count). The van der Waals surface area contributed by atoms with Gasteiger partial charge in [0.25, 0.3) is 5.56 Å². The summed E-state index contributed by atoms with van der Waals surface area (Å²) < 4.78 is 12.8. The molecule has 33 heavy (non-hydrogen) atoms. The Labute approximate surface area is 188 Å². The van der Waals surface area contributed by atoms with Crippen LogP contribution >= 0.6 is 0 Å². The second kappa shape index (κ2) is 9.35. The fourth-order valence-corrected chi connectivity index (χ4v) is 3.44. The van der Waals surface area contributed by atoms with Gasteiger partial charge in [-0.15, -0.1) is 0 Å². The molecule has 0 aliphatic rings. The van der Waals surface area contributed by atoms with Gasteiger partial charge in [-0.2, -0.15) is 0 Å². The molecule has 1 aromatic carbocycles. The lowest BCUT2D eigenvalue weighted by Gasteiger charge is -2.15. The van der Waals surface area contributed by atoms with E-state index in [1.807, 2.05) is 0 Å². The first-order chi connectivity index (χ1) is 16.0. The molecule has 0 radical (unpaired) electrons. The van der Waals surface area contributed by atoms with Gasteiger partial charge in [0.1, 0.15) is 18.0 Å². The Kier molecular flexibility index (Phi) is 6.16. The van der Waals surface area contributed by atoms with Gasteiger partial charge >= 0.3 is 5.69 Å². The number of methoxy groups -OCH3 is 2. The molecule has 0 atom stereocenters. The van der Waals surface area contributed by atoms with Gasteiger partial charge in [0.05, 0.1) is 32.0 Å². The van der Waals surface area contributed by atoms with Crippen LogP contribution in [-0.4, -0.2) is 39.2 Å². The van der Waals surface area contributed by atoms with Crippen LogP contribution in [0.15, 0.2) is 70.6 Å². The van der Waals surface area contributed by atoms with Crippen molar-refractivity contribution in [3.8, 4) is 11.5 Å². The van der Waals surface area contributed by atoms with Crippen LogP contribution in [0.25, 0.3) is 11.0 Å². The van der Waals surface area contributed by atoms with Gasteiger partial charge < -0.3 is 14.8 Å². The number of rotatable bonds is 7. The van der Waals surface area contributed by atoms with E-state index in [9.17, 15) is 14.4 Å². The van der Waals surface area contributed by atoms with Crippen LogP contribution in [0.1, 0.15) is 5.56 Å². The maximum Gasteiger partial charge on any atom is 0.332 e. The van der Waals surface area contributed by atoms with E-state index in [4.69, 9.17) is 9.47 Å². The van der Waals surface area contributed by atoms with Crippen LogP contribution in [0, 0.1) is 0 Å². The Morgan fingerprint density at radius 3 is 2.58 bits per heavy atom. The number of carbonyl (C=O) groups is 1. The standard InChI is InChI=1S/C23H21N5O5/c1-32-16-7-8-17(19(11-16)33-2)26-20(29)14-27-18-6-4-10-25-21(18)22(30)28(23(27)31)13-15-5-3-9-24-12-15/h3-12H,13-14H2,1-2H3,(H,26,29). The first-order valence-electron chi connectivity index (χ1n) is 10.0. The largest absolute Gasteiger partial charge is 0.497 e. The van der Waals surface area contributed by atoms with E-state index in [-0.39, 0.29) is 24.1 Å². The molecule has 0 spiro atoms. The lowest BCUT2D eigenvalue weighted by atomic mass is 10.2. The molecule has 0 bridgehead atoms. The number of pyridine rings is 2. The third-order valence-corrected chi connectivity index (χ3v) is 5.03. The molecule has 1 amide bonds. The van der Waals surface area contributed by atoms with Crippen LogP contribution in [-0.2, 0) is 17.9 Å². The Balaban J connectivity index is 1.72. The van der Waals surface area contributed by atoms with Crippen molar-refractivity contribution in [2.75, 3.05) is 19.5 Å². The van der Waals surface area contributed by atoms with Crippen molar-refractivity contribution in [2.24, 2.45) is 0 Å². The van der Waals surface area contributed by atoms with E-state index < -0.39 is 17.2 Å². The highest BCUT2D eigenvalue weighted by molar-refractivity contribution is 5.93. The minimum Gasteiger partial charge on any atom is -0.497 e. The van der Waals surface area contributed by atoms with Crippen molar-refractivity contribution < 1.29 is 14.3 Å². The number of anilines is 1. The lowest BCUT2D eigenvalue weighted by Crippen LogP contribution is -2.42. The summed E-state index contributed by atoms with van der Waals surface area (Å²) in [5.41, 5.74) is 0.296. The maximum atomic E-state index is 13.3. The number of nitrogens with one attached hydrogen (secondary N) is 1. The topological polar surface area (TPSA) is 117 Å². The summed E-state index contributed by atoms with van der Waals surface area (Å²) in [4.78, 5) is 47.3. The smallest absolute Gasteiger partial charge is 0.332 e. The number of fused-ring (bicyclic) bond motifs is 1. The molecule has 10 nitrogen and oxygen atoms in total.